The summed E-state index contributed by atoms with van der Waals surface area (Å²) in [5.74, 6) is -1.90. The summed E-state index contributed by atoms with van der Waals surface area (Å²) in [6.45, 7) is 1.41. The molecule has 0 saturated carbocycles. The van der Waals surface area contributed by atoms with Gasteiger partial charge < -0.3 is 10.1 Å². The zero-order valence-corrected chi connectivity index (χ0v) is 17.2. The topological polar surface area (TPSA) is 122 Å². The standard InChI is InChI=1S/C18H20ClN3O6S/c1-11(17(24)20-13-4-2-3-12(19)9-13)28-18(25)15-5-6-16(23)22(21-15)14-7-8-29(26,27)10-14/h2-4,9,11,14H,5-8,10H2,1H3,(H,20,24)/t11-,14-/m1/s1. The molecule has 0 unspecified atom stereocenters. The molecule has 2 aliphatic heterocycles. The molecule has 2 atom stereocenters. The fourth-order valence-electron chi connectivity index (χ4n) is 3.06. The van der Waals surface area contributed by atoms with Crippen LogP contribution in [0.3, 0.4) is 0 Å². The van der Waals surface area contributed by atoms with E-state index in [0.717, 1.165) is 5.01 Å². The molecule has 0 bridgehead atoms. The summed E-state index contributed by atoms with van der Waals surface area (Å²) in [6.07, 6.45) is -0.746. The van der Waals surface area contributed by atoms with E-state index in [1.54, 1.807) is 24.3 Å². The van der Waals surface area contributed by atoms with Crippen molar-refractivity contribution in [2.24, 2.45) is 5.10 Å². The van der Waals surface area contributed by atoms with Crippen molar-refractivity contribution < 1.29 is 27.5 Å². The van der Waals surface area contributed by atoms with E-state index in [4.69, 9.17) is 16.3 Å². The van der Waals surface area contributed by atoms with Gasteiger partial charge in [0.15, 0.2) is 15.9 Å². The molecular weight excluding hydrogens is 422 g/mol. The number of carbonyl (C=O) groups excluding carboxylic acids is 3. The van der Waals surface area contributed by atoms with Crippen LogP contribution in [-0.2, 0) is 29.0 Å². The van der Waals surface area contributed by atoms with E-state index in [0.29, 0.717) is 10.7 Å². The van der Waals surface area contributed by atoms with E-state index in [1.807, 2.05) is 0 Å². The molecule has 2 aliphatic rings. The summed E-state index contributed by atoms with van der Waals surface area (Å²) in [5.41, 5.74) is 0.441. The van der Waals surface area contributed by atoms with E-state index in [1.165, 1.54) is 6.92 Å². The Labute approximate surface area is 173 Å². The fraction of sp³-hybridized carbons (Fsp3) is 0.444. The predicted molar refractivity (Wildman–Crippen MR) is 106 cm³/mol. The lowest BCUT2D eigenvalue weighted by molar-refractivity contribution is -0.147. The van der Waals surface area contributed by atoms with Crippen LogP contribution < -0.4 is 5.32 Å². The average Bonchev–Trinajstić information content (AvgIpc) is 3.01. The number of carbonyl (C=O) groups is 3. The molecule has 1 fully saturated rings. The molecule has 0 spiro atoms. The fourth-order valence-corrected chi connectivity index (χ4v) is 4.95. The molecule has 1 saturated heterocycles. The smallest absolute Gasteiger partial charge is 0.355 e. The second-order valence-electron chi connectivity index (χ2n) is 6.89. The molecule has 29 heavy (non-hydrogen) atoms. The van der Waals surface area contributed by atoms with Gasteiger partial charge in [0, 0.05) is 23.6 Å². The number of anilines is 1. The van der Waals surface area contributed by atoms with Gasteiger partial charge in [-0.2, -0.15) is 5.10 Å². The second-order valence-corrected chi connectivity index (χ2v) is 9.55. The van der Waals surface area contributed by atoms with Gasteiger partial charge in [-0.3, -0.25) is 9.59 Å². The summed E-state index contributed by atoms with van der Waals surface area (Å²) in [5, 5.41) is 8.14. The molecule has 2 heterocycles. The summed E-state index contributed by atoms with van der Waals surface area (Å²) < 4.78 is 28.5. The average molecular weight is 442 g/mol. The van der Waals surface area contributed by atoms with Crippen LogP contribution in [0.5, 0.6) is 0 Å². The number of hydrogen-bond donors (Lipinski definition) is 1. The monoisotopic (exact) mass is 441 g/mol. The third-order valence-electron chi connectivity index (χ3n) is 4.59. The minimum atomic E-state index is -3.21. The maximum Gasteiger partial charge on any atom is 0.355 e. The molecule has 1 aromatic rings. The highest BCUT2D eigenvalue weighted by Gasteiger charge is 2.37. The third kappa shape index (κ3) is 5.33. The van der Waals surface area contributed by atoms with Crippen molar-refractivity contribution in [1.82, 2.24) is 5.01 Å². The first-order valence-electron chi connectivity index (χ1n) is 9.02. The zero-order chi connectivity index (χ0) is 21.2. The van der Waals surface area contributed by atoms with Gasteiger partial charge in [0.25, 0.3) is 5.91 Å². The third-order valence-corrected chi connectivity index (χ3v) is 6.58. The number of esters is 1. The molecular formula is C18H20ClN3O6S. The molecule has 1 N–H and O–H groups in total. The zero-order valence-electron chi connectivity index (χ0n) is 15.6. The van der Waals surface area contributed by atoms with Crippen molar-refractivity contribution >= 4 is 50.6 Å². The highest BCUT2D eigenvalue weighted by atomic mass is 35.5. The number of halogens is 1. The Hall–Kier alpha value is -2.46. The molecule has 0 aliphatic carbocycles. The van der Waals surface area contributed by atoms with Crippen LogP contribution in [0.15, 0.2) is 29.4 Å². The van der Waals surface area contributed by atoms with Crippen LogP contribution in [0.1, 0.15) is 26.2 Å². The van der Waals surface area contributed by atoms with E-state index in [-0.39, 0.29) is 42.4 Å². The summed E-state index contributed by atoms with van der Waals surface area (Å²) in [4.78, 5) is 36.8. The minimum Gasteiger partial charge on any atom is -0.448 e. The van der Waals surface area contributed by atoms with Gasteiger partial charge in [-0.25, -0.2) is 18.2 Å². The maximum absolute atomic E-state index is 12.4. The number of nitrogens with one attached hydrogen (secondary N) is 1. The first-order valence-corrected chi connectivity index (χ1v) is 11.2. The second kappa shape index (κ2) is 8.50. The molecule has 9 nitrogen and oxygen atoms in total. The number of amides is 2. The Kier molecular flexibility index (Phi) is 6.23. The number of benzene rings is 1. The molecule has 0 radical (unpaired) electrons. The summed E-state index contributed by atoms with van der Waals surface area (Å²) >= 11 is 5.87. The van der Waals surface area contributed by atoms with Crippen LogP contribution in [0.2, 0.25) is 5.02 Å². The first kappa shape index (κ1) is 21.3. The van der Waals surface area contributed by atoms with Crippen molar-refractivity contribution in [3.8, 4) is 0 Å². The van der Waals surface area contributed by atoms with Gasteiger partial charge >= 0.3 is 5.97 Å². The number of hydrazone groups is 1. The van der Waals surface area contributed by atoms with Gasteiger partial charge in [0.1, 0.15) is 5.71 Å². The molecule has 156 valence electrons. The summed E-state index contributed by atoms with van der Waals surface area (Å²) in [6, 6.07) is 5.94. The van der Waals surface area contributed by atoms with E-state index >= 15 is 0 Å². The van der Waals surface area contributed by atoms with Crippen molar-refractivity contribution in [2.45, 2.75) is 38.3 Å². The number of sulfone groups is 1. The number of rotatable bonds is 5. The van der Waals surface area contributed by atoms with Crippen molar-refractivity contribution in [1.29, 1.82) is 0 Å². The lowest BCUT2D eigenvalue weighted by Gasteiger charge is -2.27. The Morgan fingerprint density at radius 1 is 1.34 bits per heavy atom. The normalized spacial score (nSPS) is 22.0. The highest BCUT2D eigenvalue weighted by Crippen LogP contribution is 2.22. The SMILES string of the molecule is C[C@@H](OC(=O)C1=NN([C@@H]2CCS(=O)(=O)C2)C(=O)CC1)C(=O)Nc1cccc(Cl)c1. The number of nitrogens with zero attached hydrogens (tertiary/aromatic N) is 2. The molecule has 2 amide bonds. The van der Waals surface area contributed by atoms with Gasteiger partial charge in [0.05, 0.1) is 17.5 Å². The van der Waals surface area contributed by atoms with Crippen molar-refractivity contribution in [2.75, 3.05) is 16.8 Å². The van der Waals surface area contributed by atoms with E-state index < -0.39 is 33.9 Å². The molecule has 1 aromatic carbocycles. The Morgan fingerprint density at radius 2 is 2.10 bits per heavy atom. The Morgan fingerprint density at radius 3 is 2.76 bits per heavy atom. The maximum atomic E-state index is 12.4. The van der Waals surface area contributed by atoms with E-state index in [9.17, 15) is 22.8 Å². The van der Waals surface area contributed by atoms with Crippen LogP contribution >= 0.6 is 11.6 Å². The van der Waals surface area contributed by atoms with Gasteiger partial charge in [-0.05, 0) is 31.5 Å². The molecule has 3 rings (SSSR count). The van der Waals surface area contributed by atoms with Crippen LogP contribution in [0.4, 0.5) is 5.69 Å². The lowest BCUT2D eigenvalue weighted by atomic mass is 10.1. The Bertz CT molecular complexity index is 978. The van der Waals surface area contributed by atoms with E-state index in [2.05, 4.69) is 10.4 Å². The van der Waals surface area contributed by atoms with Crippen LogP contribution in [-0.4, -0.2) is 60.6 Å². The highest BCUT2D eigenvalue weighted by molar-refractivity contribution is 7.91. The largest absolute Gasteiger partial charge is 0.448 e. The number of ether oxygens (including phenoxy) is 1. The minimum absolute atomic E-state index is 0.0164. The van der Waals surface area contributed by atoms with Crippen LogP contribution in [0.25, 0.3) is 0 Å². The lowest BCUT2D eigenvalue weighted by Crippen LogP contribution is -2.42. The quantitative estimate of drug-likeness (QED) is 0.688. The first-order chi connectivity index (χ1) is 13.6. The van der Waals surface area contributed by atoms with Gasteiger partial charge in [-0.1, -0.05) is 17.7 Å². The van der Waals surface area contributed by atoms with Gasteiger partial charge in [-0.15, -0.1) is 0 Å². The van der Waals surface area contributed by atoms with Gasteiger partial charge in [0.2, 0.25) is 5.91 Å². The van der Waals surface area contributed by atoms with Crippen molar-refractivity contribution in [3.05, 3.63) is 29.3 Å². The van der Waals surface area contributed by atoms with Crippen molar-refractivity contribution in [3.63, 3.8) is 0 Å². The Balaban J connectivity index is 1.63. The number of hydrogen-bond acceptors (Lipinski definition) is 7. The molecule has 11 heteroatoms. The van der Waals surface area contributed by atoms with Crippen LogP contribution in [0, 0.1) is 0 Å². The predicted octanol–water partition coefficient (Wildman–Crippen LogP) is 1.38. The molecule has 0 aromatic heterocycles. The summed E-state index contributed by atoms with van der Waals surface area (Å²) in [7, 11) is -3.21.